The second kappa shape index (κ2) is 3.15. The summed E-state index contributed by atoms with van der Waals surface area (Å²) in [5, 5.41) is 1.06. The fourth-order valence-corrected chi connectivity index (χ4v) is 3.05. The molecule has 0 aliphatic carbocycles. The molecule has 0 N–H and O–H groups in total. The molecule has 14 heavy (non-hydrogen) atoms. The Balaban J connectivity index is 2.19. The van der Waals surface area contributed by atoms with Gasteiger partial charge in [-0.3, -0.25) is 0 Å². The number of thiazole rings is 2. The Kier molecular flexibility index (Phi) is 1.82. The highest BCUT2D eigenvalue weighted by molar-refractivity contribution is 7.38. The maximum absolute atomic E-state index is 4.46. The van der Waals surface area contributed by atoms with Gasteiger partial charge in [0.25, 0.3) is 0 Å². The van der Waals surface area contributed by atoms with Gasteiger partial charge in [-0.1, -0.05) is 30.3 Å². The molecule has 0 aliphatic heterocycles. The Labute approximate surface area is 88.9 Å². The first kappa shape index (κ1) is 8.08. The fourth-order valence-electron chi connectivity index (χ4n) is 1.28. The molecule has 0 bridgehead atoms. The van der Waals surface area contributed by atoms with Crippen LogP contribution in [0.3, 0.4) is 0 Å². The Morgan fingerprint density at radius 1 is 1.07 bits per heavy atom. The van der Waals surface area contributed by atoms with Crippen LogP contribution in [0.5, 0.6) is 0 Å². The van der Waals surface area contributed by atoms with Crippen molar-refractivity contribution < 1.29 is 0 Å². The van der Waals surface area contributed by atoms with E-state index in [9.17, 15) is 0 Å². The molecule has 2 aromatic heterocycles. The van der Waals surface area contributed by atoms with Gasteiger partial charge in [0, 0.05) is 5.56 Å². The summed E-state index contributed by atoms with van der Waals surface area (Å²) in [6.07, 6.45) is 0. The van der Waals surface area contributed by atoms with Crippen LogP contribution in [0.4, 0.5) is 0 Å². The van der Waals surface area contributed by atoms with Crippen LogP contribution >= 0.6 is 22.7 Å². The Morgan fingerprint density at radius 2 is 1.93 bits per heavy atom. The van der Waals surface area contributed by atoms with Crippen molar-refractivity contribution in [1.82, 2.24) is 9.97 Å². The van der Waals surface area contributed by atoms with Gasteiger partial charge in [-0.2, -0.15) is 0 Å². The molecule has 0 radical (unpaired) electrons. The third-order valence-corrected chi connectivity index (χ3v) is 3.97. The average molecular weight is 218 g/mol. The molecule has 2 nitrogen and oxygen atoms in total. The normalized spacial score (nSPS) is 10.9. The van der Waals surface area contributed by atoms with E-state index < -0.39 is 0 Å². The van der Waals surface area contributed by atoms with Crippen molar-refractivity contribution in [3.63, 3.8) is 0 Å². The van der Waals surface area contributed by atoms with Crippen molar-refractivity contribution >= 4 is 32.3 Å². The third kappa shape index (κ3) is 1.23. The highest BCUT2D eigenvalue weighted by Gasteiger charge is 2.06. The molecule has 0 atom stereocenters. The fraction of sp³-hybridized carbons (Fsp3) is 0. The molecule has 3 rings (SSSR count). The molecule has 0 saturated carbocycles. The molecular weight excluding hydrogens is 212 g/mol. The largest absolute Gasteiger partial charge is 0.224 e. The minimum atomic E-state index is 0.874. The molecule has 0 fully saturated rings. The summed E-state index contributed by atoms with van der Waals surface area (Å²) in [5.41, 5.74) is 3.88. The van der Waals surface area contributed by atoms with Crippen LogP contribution in [0.2, 0.25) is 0 Å². The predicted octanol–water partition coefficient (Wildman–Crippen LogP) is 3.42. The number of hydrogen-bond donors (Lipinski definition) is 0. The van der Waals surface area contributed by atoms with Gasteiger partial charge >= 0.3 is 0 Å². The van der Waals surface area contributed by atoms with Crippen LogP contribution in [0.25, 0.3) is 20.2 Å². The van der Waals surface area contributed by atoms with E-state index >= 15 is 0 Å². The van der Waals surface area contributed by atoms with Gasteiger partial charge in [-0.25, -0.2) is 9.97 Å². The number of rotatable bonds is 1. The first-order chi connectivity index (χ1) is 6.93. The van der Waals surface area contributed by atoms with Crippen LogP contribution in [-0.2, 0) is 0 Å². The van der Waals surface area contributed by atoms with Crippen molar-refractivity contribution in [2.75, 3.05) is 0 Å². The van der Waals surface area contributed by atoms with Crippen LogP contribution in [0.15, 0.2) is 35.8 Å². The molecule has 0 amide bonds. The minimum absolute atomic E-state index is 0.874. The first-order valence-electron chi connectivity index (χ1n) is 4.19. The minimum Gasteiger partial charge on any atom is -0.224 e. The van der Waals surface area contributed by atoms with Crippen molar-refractivity contribution in [3.8, 4) is 10.6 Å². The summed E-state index contributed by atoms with van der Waals surface area (Å²) in [5.74, 6) is 0. The van der Waals surface area contributed by atoms with E-state index in [1.165, 1.54) is 9.58 Å². The summed E-state index contributed by atoms with van der Waals surface area (Å²) in [6.45, 7) is 0. The Bertz CT molecular complexity index is 525. The van der Waals surface area contributed by atoms with Gasteiger partial charge in [0.05, 0.1) is 5.51 Å². The number of aromatic nitrogens is 2. The van der Waals surface area contributed by atoms with Crippen LogP contribution in [-0.4, -0.2) is 9.97 Å². The summed E-state index contributed by atoms with van der Waals surface area (Å²) >= 11 is 3.35. The molecule has 0 saturated heterocycles. The standard InChI is InChI=1S/C10H6N2S2/c1-2-4-7(5-3-1)9-12-8-10(14-9)13-6-11-8/h1-6H. The van der Waals surface area contributed by atoms with Crippen LogP contribution in [0, 0.1) is 0 Å². The summed E-state index contributed by atoms with van der Waals surface area (Å²) in [7, 11) is 0. The zero-order chi connectivity index (χ0) is 9.38. The number of nitrogens with zero attached hydrogens (tertiary/aromatic N) is 2. The average Bonchev–Trinajstić information content (AvgIpc) is 2.78. The molecule has 1 aromatic carbocycles. The van der Waals surface area contributed by atoms with E-state index in [0.717, 1.165) is 10.7 Å². The van der Waals surface area contributed by atoms with Gasteiger partial charge in [0.1, 0.15) is 9.02 Å². The smallest absolute Gasteiger partial charge is 0.182 e. The first-order valence-corrected chi connectivity index (χ1v) is 5.88. The molecule has 4 heteroatoms. The lowest BCUT2D eigenvalue weighted by atomic mass is 10.2. The highest BCUT2D eigenvalue weighted by atomic mass is 32.2. The van der Waals surface area contributed by atoms with Gasteiger partial charge in [0.2, 0.25) is 0 Å². The quantitative estimate of drug-likeness (QED) is 0.625. The van der Waals surface area contributed by atoms with Crippen molar-refractivity contribution in [1.29, 1.82) is 0 Å². The monoisotopic (exact) mass is 218 g/mol. The number of hydrogen-bond acceptors (Lipinski definition) is 4. The van der Waals surface area contributed by atoms with E-state index in [1.54, 1.807) is 22.7 Å². The maximum atomic E-state index is 4.46. The van der Waals surface area contributed by atoms with Crippen molar-refractivity contribution in [3.05, 3.63) is 35.8 Å². The third-order valence-electron chi connectivity index (χ3n) is 1.93. The Hall–Kier alpha value is -1.26. The Morgan fingerprint density at radius 3 is 2.71 bits per heavy atom. The lowest BCUT2D eigenvalue weighted by Gasteiger charge is -1.92. The summed E-state index contributed by atoms with van der Waals surface area (Å²) < 4.78 is 1.20. The number of benzene rings is 1. The van der Waals surface area contributed by atoms with E-state index in [0.29, 0.717) is 0 Å². The van der Waals surface area contributed by atoms with Gasteiger partial charge < -0.3 is 0 Å². The second-order valence-electron chi connectivity index (χ2n) is 2.85. The zero-order valence-electron chi connectivity index (χ0n) is 7.18. The van der Waals surface area contributed by atoms with Gasteiger partial charge in [-0.05, 0) is 0 Å². The summed E-state index contributed by atoms with van der Waals surface area (Å²) in [6, 6.07) is 10.2. The zero-order valence-corrected chi connectivity index (χ0v) is 8.81. The van der Waals surface area contributed by atoms with Gasteiger partial charge in [-0.15, -0.1) is 22.7 Å². The van der Waals surface area contributed by atoms with Crippen molar-refractivity contribution in [2.45, 2.75) is 0 Å². The van der Waals surface area contributed by atoms with Crippen LogP contribution < -0.4 is 0 Å². The topological polar surface area (TPSA) is 25.8 Å². The highest BCUT2D eigenvalue weighted by Crippen LogP contribution is 2.31. The molecule has 68 valence electrons. The van der Waals surface area contributed by atoms with Crippen molar-refractivity contribution in [2.24, 2.45) is 0 Å². The lowest BCUT2D eigenvalue weighted by Crippen LogP contribution is -1.73. The molecule has 3 aromatic rings. The molecular formula is C10H6N2S2. The number of fused-ring (bicyclic) bond motifs is 1. The summed E-state index contributed by atoms with van der Waals surface area (Å²) in [4.78, 5) is 8.64. The molecule has 2 heterocycles. The van der Waals surface area contributed by atoms with Gasteiger partial charge in [0.15, 0.2) is 5.65 Å². The molecule has 0 spiro atoms. The predicted molar refractivity (Wildman–Crippen MR) is 60.7 cm³/mol. The molecule has 0 unspecified atom stereocenters. The lowest BCUT2D eigenvalue weighted by molar-refractivity contribution is 1.37. The van der Waals surface area contributed by atoms with Crippen LogP contribution in [0.1, 0.15) is 0 Å². The maximum Gasteiger partial charge on any atom is 0.182 e. The molecule has 0 aliphatic rings. The van der Waals surface area contributed by atoms with E-state index in [-0.39, 0.29) is 0 Å². The SMILES string of the molecule is c1ccc(-c2nc3ncsc3s2)cc1. The van der Waals surface area contributed by atoms with E-state index in [1.807, 2.05) is 23.7 Å². The van der Waals surface area contributed by atoms with E-state index in [2.05, 4.69) is 22.1 Å². The van der Waals surface area contributed by atoms with E-state index in [4.69, 9.17) is 0 Å². The second-order valence-corrected chi connectivity index (χ2v) is 4.96.